The standard InChI is InChI=1S/C17H24N4O2S/c1-10(21-13(4)17(14(5)22)12(3)20-21)8-16(23)18-7-6-15-11(2)19-9-24-15/h9-10H,6-8H2,1-5H3,(H,18,23)/t10-/m0/s1. The molecule has 0 saturated carbocycles. The first-order chi connectivity index (χ1) is 11.3. The van der Waals surface area contributed by atoms with Gasteiger partial charge in [-0.2, -0.15) is 5.10 Å². The molecule has 2 aromatic heterocycles. The molecule has 0 radical (unpaired) electrons. The molecule has 0 fully saturated rings. The molecule has 0 bridgehead atoms. The lowest BCUT2D eigenvalue weighted by Gasteiger charge is -2.14. The molecular formula is C17H24N4O2S. The highest BCUT2D eigenvalue weighted by Crippen LogP contribution is 2.20. The number of nitrogens with one attached hydrogen (secondary N) is 1. The Morgan fingerprint density at radius 1 is 1.29 bits per heavy atom. The minimum Gasteiger partial charge on any atom is -0.356 e. The van der Waals surface area contributed by atoms with Crippen molar-refractivity contribution in [2.45, 2.75) is 53.5 Å². The average molecular weight is 348 g/mol. The quantitative estimate of drug-likeness (QED) is 0.781. The number of carbonyl (C=O) groups is 2. The molecule has 1 atom stereocenters. The molecule has 2 aromatic rings. The molecule has 1 amide bonds. The number of carbonyl (C=O) groups excluding carboxylic acids is 2. The predicted molar refractivity (Wildman–Crippen MR) is 94.6 cm³/mol. The fourth-order valence-electron chi connectivity index (χ4n) is 2.91. The molecule has 0 aliphatic rings. The highest BCUT2D eigenvalue weighted by Gasteiger charge is 2.20. The molecule has 0 aliphatic carbocycles. The zero-order chi connectivity index (χ0) is 17.9. The van der Waals surface area contributed by atoms with Gasteiger partial charge in [-0.05, 0) is 34.6 Å². The van der Waals surface area contributed by atoms with Crippen molar-refractivity contribution in [2.24, 2.45) is 0 Å². The third kappa shape index (κ3) is 4.08. The Morgan fingerprint density at radius 3 is 2.54 bits per heavy atom. The fraction of sp³-hybridized carbons (Fsp3) is 0.529. The van der Waals surface area contributed by atoms with Crippen molar-refractivity contribution >= 4 is 23.0 Å². The molecule has 0 spiro atoms. The van der Waals surface area contributed by atoms with Crippen LogP contribution in [0.5, 0.6) is 0 Å². The maximum Gasteiger partial charge on any atom is 0.222 e. The molecule has 24 heavy (non-hydrogen) atoms. The number of aromatic nitrogens is 3. The fourth-order valence-corrected chi connectivity index (χ4v) is 3.69. The van der Waals surface area contributed by atoms with Gasteiger partial charge in [0.15, 0.2) is 5.78 Å². The van der Waals surface area contributed by atoms with Crippen LogP contribution in [0.3, 0.4) is 0 Å². The van der Waals surface area contributed by atoms with Crippen molar-refractivity contribution in [3.05, 3.63) is 33.0 Å². The van der Waals surface area contributed by atoms with E-state index in [9.17, 15) is 9.59 Å². The number of thiazole rings is 1. The maximum absolute atomic E-state index is 12.1. The summed E-state index contributed by atoms with van der Waals surface area (Å²) in [5.41, 5.74) is 5.04. The lowest BCUT2D eigenvalue weighted by molar-refractivity contribution is -0.121. The Bertz CT molecular complexity index is 748. The van der Waals surface area contributed by atoms with Crippen molar-refractivity contribution in [3.8, 4) is 0 Å². The third-order valence-electron chi connectivity index (χ3n) is 4.09. The first-order valence-electron chi connectivity index (χ1n) is 8.03. The molecule has 130 valence electrons. The normalized spacial score (nSPS) is 12.2. The van der Waals surface area contributed by atoms with Gasteiger partial charge in [-0.15, -0.1) is 11.3 Å². The van der Waals surface area contributed by atoms with Gasteiger partial charge in [0.05, 0.1) is 28.5 Å². The molecule has 0 unspecified atom stereocenters. The number of amides is 1. The number of hydrogen-bond acceptors (Lipinski definition) is 5. The molecule has 0 aliphatic heterocycles. The van der Waals surface area contributed by atoms with Gasteiger partial charge in [0.1, 0.15) is 0 Å². The van der Waals surface area contributed by atoms with Crippen LogP contribution >= 0.6 is 11.3 Å². The summed E-state index contributed by atoms with van der Waals surface area (Å²) in [7, 11) is 0. The smallest absolute Gasteiger partial charge is 0.222 e. The Balaban J connectivity index is 1.91. The van der Waals surface area contributed by atoms with Gasteiger partial charge >= 0.3 is 0 Å². The van der Waals surface area contributed by atoms with Crippen LogP contribution < -0.4 is 5.32 Å². The van der Waals surface area contributed by atoms with Gasteiger partial charge in [0, 0.05) is 30.0 Å². The van der Waals surface area contributed by atoms with Crippen molar-refractivity contribution in [2.75, 3.05) is 6.54 Å². The van der Waals surface area contributed by atoms with E-state index in [0.29, 0.717) is 24.2 Å². The lowest BCUT2D eigenvalue weighted by atomic mass is 10.1. The Kier molecular flexibility index (Phi) is 5.88. The van der Waals surface area contributed by atoms with E-state index in [1.165, 1.54) is 4.88 Å². The third-order valence-corrected chi connectivity index (χ3v) is 5.09. The van der Waals surface area contributed by atoms with Crippen LogP contribution in [0, 0.1) is 20.8 Å². The van der Waals surface area contributed by atoms with Crippen LogP contribution in [0.25, 0.3) is 0 Å². The SMILES string of the molecule is CC(=O)c1c(C)nn([C@@H](C)CC(=O)NCCc2scnc2C)c1C. The summed E-state index contributed by atoms with van der Waals surface area (Å²) in [5, 5.41) is 7.37. The summed E-state index contributed by atoms with van der Waals surface area (Å²) in [6, 6.07) is -0.0954. The second-order valence-electron chi connectivity index (χ2n) is 6.06. The minimum absolute atomic E-state index is 0.00725. The summed E-state index contributed by atoms with van der Waals surface area (Å²) in [6.07, 6.45) is 1.13. The second-order valence-corrected chi connectivity index (χ2v) is 7.00. The van der Waals surface area contributed by atoms with Gasteiger partial charge in [-0.25, -0.2) is 4.98 Å². The van der Waals surface area contributed by atoms with Gasteiger partial charge in [-0.3, -0.25) is 14.3 Å². The van der Waals surface area contributed by atoms with E-state index < -0.39 is 0 Å². The van der Waals surface area contributed by atoms with Crippen molar-refractivity contribution in [1.29, 1.82) is 0 Å². The van der Waals surface area contributed by atoms with E-state index in [2.05, 4.69) is 15.4 Å². The number of aryl methyl sites for hydroxylation is 2. The molecular weight excluding hydrogens is 324 g/mol. The predicted octanol–water partition coefficient (Wildman–Crippen LogP) is 2.78. The lowest BCUT2D eigenvalue weighted by Crippen LogP contribution is -2.28. The summed E-state index contributed by atoms with van der Waals surface area (Å²) in [5.74, 6) is -0.00516. The summed E-state index contributed by atoms with van der Waals surface area (Å²) < 4.78 is 1.78. The number of ketones is 1. The van der Waals surface area contributed by atoms with Crippen LogP contribution in [0.4, 0.5) is 0 Å². The number of nitrogens with zero attached hydrogens (tertiary/aromatic N) is 3. The number of rotatable bonds is 7. The molecule has 2 heterocycles. The Labute approximate surface area is 146 Å². The number of hydrogen-bond donors (Lipinski definition) is 1. The van der Waals surface area contributed by atoms with Gasteiger partial charge < -0.3 is 5.32 Å². The zero-order valence-corrected chi connectivity index (χ0v) is 15.7. The van der Waals surface area contributed by atoms with E-state index in [1.54, 1.807) is 22.9 Å². The molecule has 1 N–H and O–H groups in total. The first-order valence-corrected chi connectivity index (χ1v) is 8.91. The highest BCUT2D eigenvalue weighted by atomic mass is 32.1. The summed E-state index contributed by atoms with van der Waals surface area (Å²) in [4.78, 5) is 29.2. The first kappa shape index (κ1) is 18.3. The Morgan fingerprint density at radius 2 is 2.00 bits per heavy atom. The van der Waals surface area contributed by atoms with Crippen LogP contribution in [0.1, 0.15) is 58.6 Å². The van der Waals surface area contributed by atoms with Crippen LogP contribution in [0.2, 0.25) is 0 Å². The monoisotopic (exact) mass is 348 g/mol. The Hall–Kier alpha value is -2.02. The molecule has 0 saturated heterocycles. The minimum atomic E-state index is -0.0954. The van der Waals surface area contributed by atoms with Crippen molar-refractivity contribution < 1.29 is 9.59 Å². The topological polar surface area (TPSA) is 76.9 Å². The van der Waals surface area contributed by atoms with Gasteiger partial charge in [-0.1, -0.05) is 0 Å². The largest absolute Gasteiger partial charge is 0.356 e. The van der Waals surface area contributed by atoms with E-state index >= 15 is 0 Å². The van der Waals surface area contributed by atoms with E-state index in [0.717, 1.165) is 17.8 Å². The molecule has 6 nitrogen and oxygen atoms in total. The van der Waals surface area contributed by atoms with E-state index in [-0.39, 0.29) is 17.7 Å². The van der Waals surface area contributed by atoms with Gasteiger partial charge in [0.2, 0.25) is 5.91 Å². The van der Waals surface area contributed by atoms with Crippen LogP contribution in [0.15, 0.2) is 5.51 Å². The second kappa shape index (κ2) is 7.70. The highest BCUT2D eigenvalue weighted by molar-refractivity contribution is 7.09. The average Bonchev–Trinajstić information content (AvgIpc) is 3.02. The molecule has 7 heteroatoms. The number of Topliss-reactive ketones (excluding diaryl/α,β-unsaturated/α-hetero) is 1. The van der Waals surface area contributed by atoms with Gasteiger partial charge in [0.25, 0.3) is 0 Å². The molecule has 2 rings (SSSR count). The summed E-state index contributed by atoms with van der Waals surface area (Å²) >= 11 is 1.61. The maximum atomic E-state index is 12.1. The zero-order valence-electron chi connectivity index (χ0n) is 14.8. The van der Waals surface area contributed by atoms with E-state index in [4.69, 9.17) is 0 Å². The summed E-state index contributed by atoms with van der Waals surface area (Å²) in [6.45, 7) is 9.76. The van der Waals surface area contributed by atoms with E-state index in [1.807, 2.05) is 33.2 Å². The van der Waals surface area contributed by atoms with Crippen molar-refractivity contribution in [1.82, 2.24) is 20.1 Å². The van der Waals surface area contributed by atoms with Crippen molar-refractivity contribution in [3.63, 3.8) is 0 Å². The van der Waals surface area contributed by atoms with Crippen LogP contribution in [-0.4, -0.2) is 33.0 Å². The van der Waals surface area contributed by atoms with Crippen LogP contribution in [-0.2, 0) is 11.2 Å². The molecule has 0 aromatic carbocycles.